The fourth-order valence-electron chi connectivity index (χ4n) is 6.70. The number of ether oxygens (including phenoxy) is 2. The Kier molecular flexibility index (Phi) is 20.2. The largest absolute Gasteiger partial charge is 0.456 e. The summed E-state index contributed by atoms with van der Waals surface area (Å²) < 4.78 is 11.7. The molecule has 0 fully saturated rings. The first-order chi connectivity index (χ1) is 28.0. The third kappa shape index (κ3) is 14.9. The molecule has 1 aromatic rings. The summed E-state index contributed by atoms with van der Waals surface area (Å²) in [4.78, 5) is 98.4. The third-order valence-electron chi connectivity index (χ3n) is 11.2. The number of hydrogen-bond donors (Lipinski definition) is 4. The molecule has 0 spiro atoms. The number of nitrogens with one attached hydrogen (secondary N) is 3. The fraction of sp³-hybridized carbons (Fsp3) is 0.622. The summed E-state index contributed by atoms with van der Waals surface area (Å²) in [5, 5.41) is 8.12. The molecule has 1 unspecified atom stereocenters. The van der Waals surface area contributed by atoms with Crippen molar-refractivity contribution in [1.82, 2.24) is 25.8 Å². The number of hydrogen-bond acceptors (Lipinski definition) is 10. The number of nitrogens with two attached hydrogens (primary N) is 1. The first-order valence-electron chi connectivity index (χ1n) is 21.0. The number of likely N-dealkylation sites (N-methyl/N-ethyl adjacent to an activating group) is 2. The van der Waals surface area contributed by atoms with Crippen LogP contribution < -0.4 is 21.7 Å². The first-order valence-corrected chi connectivity index (χ1v) is 21.0. The van der Waals surface area contributed by atoms with E-state index in [2.05, 4.69) is 16.0 Å². The average molecular weight is 839 g/mol. The first kappa shape index (κ1) is 51.1. The van der Waals surface area contributed by atoms with Gasteiger partial charge in [0.1, 0.15) is 30.3 Å². The Bertz CT molecular complexity index is 1740. The molecule has 0 saturated heterocycles. The SMILES string of the molecule is C/C=C(\C)[C@H]1OC(=O)[C@@H](C)NC(=O)[C@H](C(C)CC)NC(=O)CN(C)C(=O)[C@@H](Cc2ccc(C)cc2)N(C)C(=O)[C@H](C)NC(=O)[C@@H](CC(C)C)OC(=O)/C(C)=C/C[C@H](N)[C@@H]1C. The second-order valence-corrected chi connectivity index (χ2v) is 16.8. The Morgan fingerprint density at radius 3 is 2.05 bits per heavy atom. The van der Waals surface area contributed by atoms with Crippen molar-refractivity contribution in [2.45, 2.75) is 144 Å². The fourth-order valence-corrected chi connectivity index (χ4v) is 6.70. The molecule has 0 radical (unpaired) electrons. The van der Waals surface area contributed by atoms with E-state index in [9.17, 15) is 33.6 Å². The maximum absolute atomic E-state index is 14.2. The molecule has 1 heterocycles. The van der Waals surface area contributed by atoms with Crippen LogP contribution in [0.4, 0.5) is 0 Å². The molecule has 0 bridgehead atoms. The van der Waals surface area contributed by atoms with Crippen molar-refractivity contribution in [2.75, 3.05) is 20.6 Å². The molecule has 15 heteroatoms. The Morgan fingerprint density at radius 2 is 1.48 bits per heavy atom. The van der Waals surface area contributed by atoms with E-state index in [-0.39, 0.29) is 36.7 Å². The summed E-state index contributed by atoms with van der Waals surface area (Å²) in [6, 6.07) is 2.47. The second kappa shape index (κ2) is 23.7. The number of cyclic esters (lactones) is 2. The zero-order valence-corrected chi connectivity index (χ0v) is 37.9. The number of aryl methyl sites for hydroxylation is 1. The molecular formula is C45H70N6O9. The number of allylic oxidation sites excluding steroid dienone is 1. The van der Waals surface area contributed by atoms with Crippen molar-refractivity contribution in [3.8, 4) is 0 Å². The maximum atomic E-state index is 14.2. The summed E-state index contributed by atoms with van der Waals surface area (Å²) in [7, 11) is 2.88. The predicted octanol–water partition coefficient (Wildman–Crippen LogP) is 3.51. The van der Waals surface area contributed by atoms with E-state index in [1.54, 1.807) is 39.8 Å². The lowest BCUT2D eigenvalue weighted by Crippen LogP contribution is -2.57. The Balaban J connectivity index is 2.63. The molecular weight excluding hydrogens is 769 g/mol. The molecule has 9 atom stereocenters. The van der Waals surface area contributed by atoms with E-state index < -0.39 is 96.4 Å². The highest BCUT2D eigenvalue weighted by Gasteiger charge is 2.36. The summed E-state index contributed by atoms with van der Waals surface area (Å²) in [6.45, 7) is 18.8. The lowest BCUT2D eigenvalue weighted by molar-refractivity contribution is -0.154. The van der Waals surface area contributed by atoms with Crippen LogP contribution in [-0.2, 0) is 49.5 Å². The van der Waals surface area contributed by atoms with Crippen molar-refractivity contribution in [2.24, 2.45) is 23.5 Å². The van der Waals surface area contributed by atoms with Gasteiger partial charge in [-0.2, -0.15) is 0 Å². The second-order valence-electron chi connectivity index (χ2n) is 16.8. The van der Waals surface area contributed by atoms with Crippen molar-refractivity contribution < 1.29 is 43.0 Å². The van der Waals surface area contributed by atoms with Crippen LogP contribution >= 0.6 is 0 Å². The summed E-state index contributed by atoms with van der Waals surface area (Å²) in [5.74, 6) is -5.37. The van der Waals surface area contributed by atoms with Crippen LogP contribution in [0.2, 0.25) is 0 Å². The average Bonchev–Trinajstić information content (AvgIpc) is 3.20. The number of carbonyl (C=O) groups excluding carboxylic acids is 7. The van der Waals surface area contributed by atoms with E-state index in [0.717, 1.165) is 16.7 Å². The van der Waals surface area contributed by atoms with Gasteiger partial charge >= 0.3 is 11.9 Å². The van der Waals surface area contributed by atoms with Crippen LogP contribution in [0.15, 0.2) is 47.6 Å². The highest BCUT2D eigenvalue weighted by Crippen LogP contribution is 2.23. The lowest BCUT2D eigenvalue weighted by atomic mass is 9.89. The lowest BCUT2D eigenvalue weighted by Gasteiger charge is -2.33. The molecule has 1 aliphatic heterocycles. The van der Waals surface area contributed by atoms with Gasteiger partial charge in [0.2, 0.25) is 23.6 Å². The Labute approximate surface area is 356 Å². The van der Waals surface area contributed by atoms with Crippen LogP contribution in [-0.4, -0.2) is 114 Å². The number of rotatable bonds is 7. The van der Waals surface area contributed by atoms with Gasteiger partial charge in [0, 0.05) is 38.0 Å². The Morgan fingerprint density at radius 1 is 0.883 bits per heavy atom. The number of amides is 5. The minimum Gasteiger partial charge on any atom is -0.456 e. The highest BCUT2D eigenvalue weighted by molar-refractivity contribution is 5.96. The number of nitrogens with zero attached hydrogens (tertiary/aromatic N) is 2. The van der Waals surface area contributed by atoms with Gasteiger partial charge in [-0.1, -0.05) is 83.0 Å². The summed E-state index contributed by atoms with van der Waals surface area (Å²) in [6.07, 6.45) is 2.38. The summed E-state index contributed by atoms with van der Waals surface area (Å²) in [5.41, 5.74) is 9.29. The van der Waals surface area contributed by atoms with E-state index in [1.807, 2.05) is 58.9 Å². The normalized spacial score (nSPS) is 28.6. The molecule has 1 aliphatic rings. The molecule has 2 rings (SSSR count). The van der Waals surface area contributed by atoms with E-state index in [4.69, 9.17) is 15.2 Å². The van der Waals surface area contributed by atoms with E-state index in [0.29, 0.717) is 6.42 Å². The smallest absolute Gasteiger partial charge is 0.334 e. The van der Waals surface area contributed by atoms with Gasteiger partial charge in [-0.05, 0) is 77.4 Å². The minimum absolute atomic E-state index is 0.0589. The standard InChI is InChI=1S/C45H70N6O9/c1-14-27(6)38-41(54)48-32(11)45(58)60-39(28(7)15-2)30(9)34(46)21-18-29(8)44(57)59-36(22-25(3)4)40(53)47-31(10)42(55)51(13)35(23-33-19-16-26(5)17-20-33)43(56)50(12)24-37(52)49-38/h15-20,25,27,30-32,34-36,38-39H,14,21-24,46H2,1-13H3,(H,47,53)(H,48,54)(H,49,52)/b28-15+,29-18+/t27?,30-,31-,32+,34-,35+,36+,38-,39+/m0/s1. The van der Waals surface area contributed by atoms with Crippen molar-refractivity contribution in [3.63, 3.8) is 0 Å². The highest BCUT2D eigenvalue weighted by atomic mass is 16.6. The number of carbonyl (C=O) groups is 7. The van der Waals surface area contributed by atoms with Crippen molar-refractivity contribution in [3.05, 3.63) is 58.7 Å². The molecule has 60 heavy (non-hydrogen) atoms. The van der Waals surface area contributed by atoms with Crippen molar-refractivity contribution >= 4 is 41.5 Å². The van der Waals surface area contributed by atoms with Crippen LogP contribution in [0.1, 0.15) is 99.6 Å². The predicted molar refractivity (Wildman–Crippen MR) is 230 cm³/mol. The van der Waals surface area contributed by atoms with Gasteiger partial charge in [-0.3, -0.25) is 24.0 Å². The van der Waals surface area contributed by atoms with E-state index >= 15 is 0 Å². The van der Waals surface area contributed by atoms with E-state index in [1.165, 1.54) is 37.7 Å². The monoisotopic (exact) mass is 839 g/mol. The van der Waals surface area contributed by atoms with Crippen LogP contribution in [0.5, 0.6) is 0 Å². The van der Waals surface area contributed by atoms with Crippen LogP contribution in [0.3, 0.4) is 0 Å². The zero-order chi connectivity index (χ0) is 45.6. The van der Waals surface area contributed by atoms with Gasteiger partial charge in [-0.25, -0.2) is 9.59 Å². The molecule has 15 nitrogen and oxygen atoms in total. The van der Waals surface area contributed by atoms with Gasteiger partial charge in [0.25, 0.3) is 5.91 Å². The number of benzene rings is 1. The molecule has 334 valence electrons. The number of esters is 2. The van der Waals surface area contributed by atoms with Crippen LogP contribution in [0.25, 0.3) is 0 Å². The molecule has 1 aromatic carbocycles. The third-order valence-corrected chi connectivity index (χ3v) is 11.2. The maximum Gasteiger partial charge on any atom is 0.334 e. The summed E-state index contributed by atoms with van der Waals surface area (Å²) >= 11 is 0. The van der Waals surface area contributed by atoms with Gasteiger partial charge < -0.3 is 41.0 Å². The minimum atomic E-state index is -1.23. The van der Waals surface area contributed by atoms with Gasteiger partial charge in [0.05, 0.1) is 6.54 Å². The van der Waals surface area contributed by atoms with Crippen LogP contribution in [0, 0.1) is 24.7 Å². The van der Waals surface area contributed by atoms with Crippen molar-refractivity contribution in [1.29, 1.82) is 0 Å². The van der Waals surface area contributed by atoms with Gasteiger partial charge in [0.15, 0.2) is 6.10 Å². The molecule has 0 aliphatic carbocycles. The molecule has 5 N–H and O–H groups in total. The molecule has 5 amide bonds. The quantitative estimate of drug-likeness (QED) is 0.232. The molecule has 0 aromatic heterocycles. The Hall–Kier alpha value is -5.05. The molecule has 0 saturated carbocycles. The zero-order valence-electron chi connectivity index (χ0n) is 37.9. The van der Waals surface area contributed by atoms with Gasteiger partial charge in [-0.15, -0.1) is 0 Å². The topological polar surface area (TPSA) is 207 Å².